The topological polar surface area (TPSA) is 85.1 Å². The van der Waals surface area contributed by atoms with Gasteiger partial charge in [0.15, 0.2) is 0 Å². The molecule has 0 aliphatic rings. The molecule has 0 saturated carbocycles. The van der Waals surface area contributed by atoms with E-state index in [1.54, 1.807) is 0 Å². The van der Waals surface area contributed by atoms with Crippen molar-refractivity contribution >= 4 is 11.8 Å². The van der Waals surface area contributed by atoms with Gasteiger partial charge in [-0.05, 0) is 33.6 Å². The first kappa shape index (κ1) is 14.7. The third-order valence-corrected chi connectivity index (χ3v) is 2.31. The average Bonchev–Trinajstić information content (AvgIpc) is 2.32. The molecule has 6 nitrogen and oxygen atoms in total. The zero-order valence-corrected chi connectivity index (χ0v) is 11.4. The Kier molecular flexibility index (Phi) is 6.38. The van der Waals surface area contributed by atoms with Gasteiger partial charge in [-0.15, -0.1) is 0 Å². The van der Waals surface area contributed by atoms with E-state index in [2.05, 4.69) is 20.7 Å². The Balaban J connectivity index is 2.24. The summed E-state index contributed by atoms with van der Waals surface area (Å²) in [6, 6.07) is 1.89. The van der Waals surface area contributed by atoms with Crippen molar-refractivity contribution in [1.29, 1.82) is 0 Å². The van der Waals surface area contributed by atoms with Crippen molar-refractivity contribution in [2.45, 2.75) is 39.7 Å². The van der Waals surface area contributed by atoms with Crippen LogP contribution in [0.5, 0.6) is 0 Å². The second kappa shape index (κ2) is 7.84. The molecule has 1 aromatic heterocycles. The van der Waals surface area contributed by atoms with Gasteiger partial charge in [0.1, 0.15) is 5.82 Å². The summed E-state index contributed by atoms with van der Waals surface area (Å²) in [6.07, 6.45) is 2.39. The van der Waals surface area contributed by atoms with Gasteiger partial charge in [0, 0.05) is 24.9 Å². The molecular formula is C12H23N5O. The summed E-state index contributed by atoms with van der Waals surface area (Å²) in [5, 5.41) is 3.25. The number of nitrogen functional groups attached to an aromatic ring is 1. The van der Waals surface area contributed by atoms with Crippen molar-refractivity contribution < 1.29 is 4.74 Å². The van der Waals surface area contributed by atoms with E-state index in [0.29, 0.717) is 12.1 Å². The summed E-state index contributed by atoms with van der Waals surface area (Å²) in [6.45, 7) is 7.66. The van der Waals surface area contributed by atoms with Gasteiger partial charge >= 0.3 is 0 Å². The lowest BCUT2D eigenvalue weighted by molar-refractivity contribution is 0.0765. The van der Waals surface area contributed by atoms with Crippen molar-refractivity contribution in [3.8, 4) is 0 Å². The number of hydrogen-bond acceptors (Lipinski definition) is 6. The van der Waals surface area contributed by atoms with Gasteiger partial charge in [-0.25, -0.2) is 10.8 Å². The van der Waals surface area contributed by atoms with Gasteiger partial charge in [0.25, 0.3) is 0 Å². The molecule has 0 aliphatic carbocycles. The average molecular weight is 253 g/mol. The summed E-state index contributed by atoms with van der Waals surface area (Å²) in [7, 11) is 0. The quantitative estimate of drug-likeness (QED) is 0.371. The highest BCUT2D eigenvalue weighted by atomic mass is 16.5. The number of nitrogens with zero attached hydrogens (tertiary/aromatic N) is 2. The number of nitrogens with two attached hydrogens (primary N) is 1. The Morgan fingerprint density at radius 2 is 2.11 bits per heavy atom. The van der Waals surface area contributed by atoms with Crippen LogP contribution in [0, 0.1) is 6.92 Å². The van der Waals surface area contributed by atoms with Crippen LogP contribution in [0.4, 0.5) is 11.8 Å². The van der Waals surface area contributed by atoms with E-state index >= 15 is 0 Å². The van der Waals surface area contributed by atoms with Crippen LogP contribution in [-0.4, -0.2) is 29.2 Å². The molecule has 1 aromatic rings. The number of aryl methyl sites for hydroxylation is 1. The summed E-state index contributed by atoms with van der Waals surface area (Å²) in [5.41, 5.74) is 3.33. The minimum absolute atomic E-state index is 0.306. The molecule has 0 radical (unpaired) electrons. The van der Waals surface area contributed by atoms with Crippen LogP contribution in [0.2, 0.25) is 0 Å². The van der Waals surface area contributed by atoms with Crippen LogP contribution in [-0.2, 0) is 4.74 Å². The molecule has 6 heteroatoms. The highest BCUT2D eigenvalue weighted by molar-refractivity contribution is 5.41. The molecule has 4 N–H and O–H groups in total. The van der Waals surface area contributed by atoms with Crippen molar-refractivity contribution in [2.75, 3.05) is 23.9 Å². The van der Waals surface area contributed by atoms with Gasteiger partial charge < -0.3 is 10.1 Å². The molecule has 0 unspecified atom stereocenters. The zero-order chi connectivity index (χ0) is 13.4. The van der Waals surface area contributed by atoms with Gasteiger partial charge in [0.2, 0.25) is 5.95 Å². The molecule has 0 spiro atoms. The second-order valence-corrected chi connectivity index (χ2v) is 4.42. The van der Waals surface area contributed by atoms with Gasteiger partial charge in [-0.1, -0.05) is 0 Å². The first-order valence-corrected chi connectivity index (χ1v) is 6.29. The third-order valence-electron chi connectivity index (χ3n) is 2.31. The van der Waals surface area contributed by atoms with E-state index in [-0.39, 0.29) is 0 Å². The number of rotatable bonds is 8. The van der Waals surface area contributed by atoms with E-state index in [4.69, 9.17) is 10.6 Å². The van der Waals surface area contributed by atoms with Crippen LogP contribution in [0.1, 0.15) is 32.4 Å². The van der Waals surface area contributed by atoms with Crippen molar-refractivity contribution in [3.05, 3.63) is 11.8 Å². The largest absolute Gasteiger partial charge is 0.379 e. The Morgan fingerprint density at radius 3 is 2.78 bits per heavy atom. The molecule has 0 atom stereocenters. The SMILES string of the molecule is Cc1cc(NCCCCOC(C)C)nc(NN)n1. The van der Waals surface area contributed by atoms with Crippen molar-refractivity contribution in [3.63, 3.8) is 0 Å². The maximum atomic E-state index is 5.47. The van der Waals surface area contributed by atoms with Crippen LogP contribution in [0.3, 0.4) is 0 Å². The van der Waals surface area contributed by atoms with E-state index in [1.807, 2.05) is 26.8 Å². The lowest BCUT2D eigenvalue weighted by atomic mass is 10.3. The van der Waals surface area contributed by atoms with Gasteiger partial charge in [-0.2, -0.15) is 4.98 Å². The number of nitrogens with one attached hydrogen (secondary N) is 2. The number of hydrazine groups is 1. The molecule has 0 bridgehead atoms. The number of ether oxygens (including phenoxy) is 1. The summed E-state index contributed by atoms with van der Waals surface area (Å²) in [5.74, 6) is 6.51. The van der Waals surface area contributed by atoms with Crippen molar-refractivity contribution in [2.24, 2.45) is 5.84 Å². The van der Waals surface area contributed by atoms with Crippen LogP contribution in [0.25, 0.3) is 0 Å². The van der Waals surface area contributed by atoms with E-state index in [1.165, 1.54) is 0 Å². The smallest absolute Gasteiger partial charge is 0.239 e. The molecule has 1 heterocycles. The predicted molar refractivity (Wildman–Crippen MR) is 73.4 cm³/mol. The minimum Gasteiger partial charge on any atom is -0.379 e. The maximum absolute atomic E-state index is 5.47. The molecule has 18 heavy (non-hydrogen) atoms. The zero-order valence-electron chi connectivity index (χ0n) is 11.4. The van der Waals surface area contributed by atoms with E-state index in [9.17, 15) is 0 Å². The Labute approximate surface area is 108 Å². The molecule has 1 rings (SSSR count). The summed E-state index contributed by atoms with van der Waals surface area (Å²) >= 11 is 0. The summed E-state index contributed by atoms with van der Waals surface area (Å²) < 4.78 is 5.47. The molecule has 102 valence electrons. The normalized spacial score (nSPS) is 10.7. The standard InChI is InChI=1S/C12H23N5O/c1-9(2)18-7-5-4-6-14-11-8-10(3)15-12(16-11)17-13/h8-9H,4-7,13H2,1-3H3,(H2,14,15,16,17). The number of hydrogen-bond donors (Lipinski definition) is 3. The first-order chi connectivity index (χ1) is 8.61. The molecule has 0 aromatic carbocycles. The van der Waals surface area contributed by atoms with Crippen LogP contribution >= 0.6 is 0 Å². The number of aromatic nitrogens is 2. The Bertz CT molecular complexity index is 356. The number of unbranched alkanes of at least 4 members (excludes halogenated alkanes) is 1. The lowest BCUT2D eigenvalue weighted by Crippen LogP contribution is -2.13. The Hall–Kier alpha value is -1.40. The maximum Gasteiger partial charge on any atom is 0.239 e. The first-order valence-electron chi connectivity index (χ1n) is 6.29. The lowest BCUT2D eigenvalue weighted by Gasteiger charge is -2.09. The van der Waals surface area contributed by atoms with Crippen LogP contribution < -0.4 is 16.6 Å². The molecule has 0 aliphatic heterocycles. The van der Waals surface area contributed by atoms with Gasteiger partial charge in [0.05, 0.1) is 6.10 Å². The summed E-state index contributed by atoms with van der Waals surface area (Å²) in [4.78, 5) is 8.33. The fourth-order valence-corrected chi connectivity index (χ4v) is 1.49. The highest BCUT2D eigenvalue weighted by Gasteiger charge is 2.00. The molecule has 0 fully saturated rings. The highest BCUT2D eigenvalue weighted by Crippen LogP contribution is 2.08. The molecule has 0 amide bonds. The predicted octanol–water partition coefficient (Wildman–Crippen LogP) is 1.69. The number of anilines is 2. The Morgan fingerprint density at radius 1 is 1.33 bits per heavy atom. The van der Waals surface area contributed by atoms with E-state index in [0.717, 1.165) is 37.5 Å². The van der Waals surface area contributed by atoms with Gasteiger partial charge in [-0.3, -0.25) is 5.43 Å². The molecular weight excluding hydrogens is 230 g/mol. The molecule has 0 saturated heterocycles. The fraction of sp³-hybridized carbons (Fsp3) is 0.667. The third kappa shape index (κ3) is 5.79. The van der Waals surface area contributed by atoms with E-state index < -0.39 is 0 Å². The second-order valence-electron chi connectivity index (χ2n) is 4.42. The fourth-order valence-electron chi connectivity index (χ4n) is 1.49. The van der Waals surface area contributed by atoms with Crippen LogP contribution in [0.15, 0.2) is 6.07 Å². The van der Waals surface area contributed by atoms with Crippen molar-refractivity contribution in [1.82, 2.24) is 9.97 Å². The monoisotopic (exact) mass is 253 g/mol. The minimum atomic E-state index is 0.306.